The van der Waals surface area contributed by atoms with Crippen molar-refractivity contribution in [2.75, 3.05) is 12.4 Å². The Bertz CT molecular complexity index is 729. The molecule has 0 saturated heterocycles. The van der Waals surface area contributed by atoms with E-state index in [1.807, 2.05) is 23.6 Å². The molecule has 3 aromatic rings. The summed E-state index contributed by atoms with van der Waals surface area (Å²) in [5.41, 5.74) is 0.858. The number of thiophene rings is 1. The number of aromatic nitrogens is 2. The summed E-state index contributed by atoms with van der Waals surface area (Å²) in [6.07, 6.45) is 1.55. The van der Waals surface area contributed by atoms with Crippen LogP contribution in [0.3, 0.4) is 0 Å². The predicted octanol–water partition coefficient (Wildman–Crippen LogP) is 4.10. The average Bonchev–Trinajstić information content (AvgIpc) is 2.88. The van der Waals surface area contributed by atoms with E-state index in [1.54, 1.807) is 30.8 Å². The monoisotopic (exact) mass is 291 g/mol. The fourth-order valence-electron chi connectivity index (χ4n) is 1.77. The lowest BCUT2D eigenvalue weighted by Crippen LogP contribution is -1.95. The number of hydrogen-bond donors (Lipinski definition) is 1. The van der Waals surface area contributed by atoms with Gasteiger partial charge < -0.3 is 10.1 Å². The molecule has 6 heteroatoms. The second kappa shape index (κ2) is 5.03. The molecule has 2 heterocycles. The maximum absolute atomic E-state index is 6.10. The largest absolute Gasteiger partial charge is 0.495 e. The van der Waals surface area contributed by atoms with Crippen LogP contribution in [-0.4, -0.2) is 17.1 Å². The first-order valence-corrected chi connectivity index (χ1v) is 6.82. The lowest BCUT2D eigenvalue weighted by molar-refractivity contribution is 0.415. The van der Waals surface area contributed by atoms with Crippen molar-refractivity contribution in [3.63, 3.8) is 0 Å². The van der Waals surface area contributed by atoms with Crippen LogP contribution in [0.1, 0.15) is 0 Å². The van der Waals surface area contributed by atoms with Crippen LogP contribution in [0.15, 0.2) is 36.0 Å². The summed E-state index contributed by atoms with van der Waals surface area (Å²) in [7, 11) is 1.59. The van der Waals surface area contributed by atoms with E-state index in [0.717, 1.165) is 21.7 Å². The van der Waals surface area contributed by atoms with Crippen molar-refractivity contribution in [2.45, 2.75) is 0 Å². The van der Waals surface area contributed by atoms with Gasteiger partial charge in [-0.25, -0.2) is 9.97 Å². The lowest BCUT2D eigenvalue weighted by Gasteiger charge is -2.08. The van der Waals surface area contributed by atoms with Crippen LogP contribution in [0, 0.1) is 0 Å². The number of benzene rings is 1. The Labute approximate surface area is 119 Å². The molecule has 19 heavy (non-hydrogen) atoms. The van der Waals surface area contributed by atoms with Crippen LogP contribution in [0.25, 0.3) is 10.2 Å². The zero-order valence-electron chi connectivity index (χ0n) is 10.1. The van der Waals surface area contributed by atoms with Crippen molar-refractivity contribution in [2.24, 2.45) is 0 Å². The second-order valence-electron chi connectivity index (χ2n) is 3.84. The molecule has 4 nitrogen and oxygen atoms in total. The third kappa shape index (κ3) is 2.34. The van der Waals surface area contributed by atoms with E-state index in [1.165, 1.54) is 0 Å². The minimum absolute atomic E-state index is 0.558. The summed E-state index contributed by atoms with van der Waals surface area (Å²) < 4.78 is 5.12. The first kappa shape index (κ1) is 12.2. The Hall–Kier alpha value is -1.85. The van der Waals surface area contributed by atoms with Crippen LogP contribution in [-0.2, 0) is 0 Å². The van der Waals surface area contributed by atoms with E-state index in [4.69, 9.17) is 16.3 Å². The second-order valence-corrected chi connectivity index (χ2v) is 5.14. The molecule has 0 unspecified atom stereocenters. The third-order valence-corrected chi connectivity index (χ3v) is 3.79. The maximum Gasteiger partial charge on any atom is 0.142 e. The molecule has 0 saturated carbocycles. The molecule has 0 radical (unpaired) electrons. The van der Waals surface area contributed by atoms with E-state index < -0.39 is 0 Å². The number of halogens is 1. The van der Waals surface area contributed by atoms with Crippen LogP contribution < -0.4 is 10.1 Å². The van der Waals surface area contributed by atoms with Crippen molar-refractivity contribution in [1.29, 1.82) is 0 Å². The van der Waals surface area contributed by atoms with Crippen molar-refractivity contribution in [3.8, 4) is 5.75 Å². The molecule has 0 atom stereocenters. The van der Waals surface area contributed by atoms with Gasteiger partial charge in [-0.3, -0.25) is 0 Å². The summed E-state index contributed by atoms with van der Waals surface area (Å²) in [6.45, 7) is 0. The van der Waals surface area contributed by atoms with Crippen LogP contribution in [0.2, 0.25) is 5.02 Å². The molecular weight excluding hydrogens is 282 g/mol. The third-order valence-electron chi connectivity index (χ3n) is 2.68. The Morgan fingerprint density at radius 3 is 2.95 bits per heavy atom. The van der Waals surface area contributed by atoms with Gasteiger partial charge in [0.1, 0.15) is 22.7 Å². The molecule has 96 valence electrons. The molecule has 0 aliphatic carbocycles. The molecule has 0 aliphatic rings. The number of nitrogens with zero attached hydrogens (tertiary/aromatic N) is 2. The Morgan fingerprint density at radius 2 is 2.16 bits per heavy atom. The lowest BCUT2D eigenvalue weighted by atomic mass is 10.3. The molecule has 0 aliphatic heterocycles. The highest BCUT2D eigenvalue weighted by Crippen LogP contribution is 2.30. The van der Waals surface area contributed by atoms with Crippen molar-refractivity contribution >= 4 is 44.7 Å². The predicted molar refractivity (Wildman–Crippen MR) is 78.7 cm³/mol. The van der Waals surface area contributed by atoms with Gasteiger partial charge >= 0.3 is 0 Å². The van der Waals surface area contributed by atoms with Crippen molar-refractivity contribution in [1.82, 2.24) is 9.97 Å². The van der Waals surface area contributed by atoms with Gasteiger partial charge in [0.25, 0.3) is 0 Å². The molecule has 0 spiro atoms. The van der Waals surface area contributed by atoms with Gasteiger partial charge in [-0.05, 0) is 29.6 Å². The summed E-state index contributed by atoms with van der Waals surface area (Å²) in [5.74, 6) is 1.42. The normalized spacial score (nSPS) is 10.6. The minimum Gasteiger partial charge on any atom is -0.495 e. The molecular formula is C13H10ClN3OS. The molecule has 0 amide bonds. The number of ether oxygens (including phenoxy) is 1. The first-order chi connectivity index (χ1) is 9.28. The number of rotatable bonds is 3. The number of nitrogens with one attached hydrogen (secondary N) is 1. The first-order valence-electron chi connectivity index (χ1n) is 5.56. The fourth-order valence-corrected chi connectivity index (χ4v) is 2.76. The highest BCUT2D eigenvalue weighted by atomic mass is 35.5. The molecule has 3 rings (SSSR count). The molecule has 2 aromatic heterocycles. The standard InChI is InChI=1S/C13H10ClN3OS/c1-18-11-3-2-8(6-10(11)14)17-12-9-4-5-19-13(9)16-7-15-12/h2-7H,1H3,(H,15,16,17). The SMILES string of the molecule is COc1ccc(Nc2ncnc3sccc23)cc1Cl. The van der Waals surface area contributed by atoms with Crippen molar-refractivity contribution < 1.29 is 4.74 Å². The summed E-state index contributed by atoms with van der Waals surface area (Å²) in [4.78, 5) is 9.42. The summed E-state index contributed by atoms with van der Waals surface area (Å²) in [5, 5.41) is 6.79. The summed E-state index contributed by atoms with van der Waals surface area (Å²) in [6, 6.07) is 7.51. The molecule has 1 aromatic carbocycles. The van der Waals surface area contributed by atoms with E-state index >= 15 is 0 Å². The fraction of sp³-hybridized carbons (Fsp3) is 0.0769. The number of methoxy groups -OCH3 is 1. The van der Waals surface area contributed by atoms with Crippen molar-refractivity contribution in [3.05, 3.63) is 41.0 Å². The van der Waals surface area contributed by atoms with Gasteiger partial charge in [-0.2, -0.15) is 0 Å². The van der Waals surface area contributed by atoms with Gasteiger partial charge in [0.2, 0.25) is 0 Å². The Kier molecular flexibility index (Phi) is 3.23. The highest BCUT2D eigenvalue weighted by Gasteiger charge is 2.06. The molecule has 0 fully saturated rings. The number of anilines is 2. The zero-order chi connectivity index (χ0) is 13.2. The average molecular weight is 292 g/mol. The topological polar surface area (TPSA) is 47.0 Å². The van der Waals surface area contributed by atoms with Gasteiger partial charge in [0.05, 0.1) is 17.5 Å². The van der Waals surface area contributed by atoms with E-state index in [-0.39, 0.29) is 0 Å². The highest BCUT2D eigenvalue weighted by molar-refractivity contribution is 7.16. The number of hydrogen-bond acceptors (Lipinski definition) is 5. The smallest absolute Gasteiger partial charge is 0.142 e. The Morgan fingerprint density at radius 1 is 1.26 bits per heavy atom. The van der Waals surface area contributed by atoms with Gasteiger partial charge in [-0.1, -0.05) is 11.6 Å². The van der Waals surface area contributed by atoms with E-state index in [0.29, 0.717) is 10.8 Å². The maximum atomic E-state index is 6.10. The summed E-state index contributed by atoms with van der Waals surface area (Å²) >= 11 is 7.68. The van der Waals surface area contributed by atoms with Crippen LogP contribution >= 0.6 is 22.9 Å². The quantitative estimate of drug-likeness (QED) is 0.789. The van der Waals surface area contributed by atoms with E-state index in [9.17, 15) is 0 Å². The van der Waals surface area contributed by atoms with Gasteiger partial charge in [0, 0.05) is 5.69 Å². The zero-order valence-corrected chi connectivity index (χ0v) is 11.6. The minimum atomic E-state index is 0.558. The van der Waals surface area contributed by atoms with Gasteiger partial charge in [-0.15, -0.1) is 11.3 Å². The number of fused-ring (bicyclic) bond motifs is 1. The molecule has 1 N–H and O–H groups in total. The van der Waals surface area contributed by atoms with Gasteiger partial charge in [0.15, 0.2) is 0 Å². The Balaban J connectivity index is 1.97. The van der Waals surface area contributed by atoms with E-state index in [2.05, 4.69) is 15.3 Å². The molecule has 0 bridgehead atoms. The van der Waals surface area contributed by atoms with Crippen LogP contribution in [0.5, 0.6) is 5.75 Å². The van der Waals surface area contributed by atoms with Crippen LogP contribution in [0.4, 0.5) is 11.5 Å².